The highest BCUT2D eigenvalue weighted by Gasteiger charge is 2.37. The highest BCUT2D eigenvalue weighted by atomic mass is 16.1. The largest absolute Gasteiger partial charge is 0.289 e. The third kappa shape index (κ3) is 3.25. The Balaban J connectivity index is 2.12. The summed E-state index contributed by atoms with van der Waals surface area (Å²) in [5.74, 6) is 0.988. The molecule has 3 aromatic carbocycles. The van der Waals surface area contributed by atoms with Gasteiger partial charge in [-0.2, -0.15) is 0 Å². The lowest BCUT2D eigenvalue weighted by Gasteiger charge is -2.31. The average molecular weight is 380 g/mol. The van der Waals surface area contributed by atoms with Gasteiger partial charge >= 0.3 is 0 Å². The van der Waals surface area contributed by atoms with Gasteiger partial charge in [-0.05, 0) is 42.9 Å². The number of benzene rings is 3. The quantitative estimate of drug-likeness (QED) is 0.475. The van der Waals surface area contributed by atoms with E-state index in [0.717, 1.165) is 27.6 Å². The van der Waals surface area contributed by atoms with Gasteiger partial charge in [-0.1, -0.05) is 104 Å². The van der Waals surface area contributed by atoms with E-state index in [2.05, 4.69) is 84.0 Å². The molecule has 4 rings (SSSR count). The fourth-order valence-corrected chi connectivity index (χ4v) is 4.84. The number of aryl methyl sites for hydroxylation is 2. The summed E-state index contributed by atoms with van der Waals surface area (Å²) in [5.41, 5.74) is 10.6. The molecule has 146 valence electrons. The van der Waals surface area contributed by atoms with Gasteiger partial charge in [0.15, 0.2) is 5.78 Å². The maximum Gasteiger partial charge on any atom is 0.243 e. The van der Waals surface area contributed by atoms with Crippen molar-refractivity contribution in [3.8, 4) is 0 Å². The first-order chi connectivity index (χ1) is 13.8. The Morgan fingerprint density at radius 3 is 1.90 bits per heavy atom. The van der Waals surface area contributed by atoms with E-state index in [1.165, 1.54) is 22.2 Å². The lowest BCUT2D eigenvalue weighted by molar-refractivity contribution is 0.104. The fourth-order valence-electron chi connectivity index (χ4n) is 4.84. The van der Waals surface area contributed by atoms with Crippen LogP contribution in [0.2, 0.25) is 0 Å². The molecule has 1 nitrogen and oxygen atoms in total. The van der Waals surface area contributed by atoms with Crippen LogP contribution >= 0.6 is 0 Å². The van der Waals surface area contributed by atoms with Crippen molar-refractivity contribution >= 4 is 28.9 Å². The Bertz CT molecular complexity index is 1080. The summed E-state index contributed by atoms with van der Waals surface area (Å²) in [5, 5.41) is 0. The molecule has 0 amide bonds. The number of carbonyl (C=O) groups is 1. The summed E-state index contributed by atoms with van der Waals surface area (Å²) < 4.78 is 0. The lowest BCUT2D eigenvalue weighted by atomic mass is 9.31. The van der Waals surface area contributed by atoms with Crippen LogP contribution in [0.5, 0.6) is 0 Å². The van der Waals surface area contributed by atoms with E-state index >= 15 is 0 Å². The van der Waals surface area contributed by atoms with Gasteiger partial charge in [0.2, 0.25) is 6.71 Å². The standard InChI is InChI=1S/C27H29BO/c1-16(2)21-14-19(6)15-22(17(3)4)26(21)28-24-10-8-7-9-20(24)27(29)23-13-18(5)11-12-25(23)28/h7-17H,1-6H3. The third-order valence-electron chi connectivity index (χ3n) is 6.20. The minimum absolute atomic E-state index is 0.0925. The fraction of sp³-hybridized carbons (Fsp3) is 0.296. The van der Waals surface area contributed by atoms with Crippen LogP contribution in [0.25, 0.3) is 0 Å². The first-order valence-electron chi connectivity index (χ1n) is 10.7. The molecule has 0 spiro atoms. The van der Waals surface area contributed by atoms with Gasteiger partial charge in [0.05, 0.1) is 0 Å². The van der Waals surface area contributed by atoms with Crippen LogP contribution in [0.3, 0.4) is 0 Å². The van der Waals surface area contributed by atoms with E-state index in [-0.39, 0.29) is 12.5 Å². The zero-order chi connectivity index (χ0) is 20.9. The molecule has 0 unspecified atom stereocenters. The molecule has 0 radical (unpaired) electrons. The number of hydrogen-bond donors (Lipinski definition) is 0. The molecule has 2 heteroatoms. The van der Waals surface area contributed by atoms with Gasteiger partial charge in [0.25, 0.3) is 0 Å². The Morgan fingerprint density at radius 2 is 1.28 bits per heavy atom. The predicted molar refractivity (Wildman–Crippen MR) is 125 cm³/mol. The Kier molecular flexibility index (Phi) is 4.98. The summed E-state index contributed by atoms with van der Waals surface area (Å²) in [6.07, 6.45) is 0. The Morgan fingerprint density at radius 1 is 0.690 bits per heavy atom. The summed E-state index contributed by atoms with van der Waals surface area (Å²) in [6, 6.07) is 19.3. The van der Waals surface area contributed by atoms with Crippen molar-refractivity contribution < 1.29 is 4.79 Å². The maximum atomic E-state index is 13.3. The minimum atomic E-state index is 0.0925. The van der Waals surface area contributed by atoms with Gasteiger partial charge in [0.1, 0.15) is 0 Å². The molecule has 0 aliphatic carbocycles. The number of hydrogen-bond acceptors (Lipinski definition) is 1. The average Bonchev–Trinajstić information content (AvgIpc) is 2.68. The summed E-state index contributed by atoms with van der Waals surface area (Å²) in [4.78, 5) is 13.3. The van der Waals surface area contributed by atoms with Crippen LogP contribution in [-0.2, 0) is 0 Å². The van der Waals surface area contributed by atoms with Crippen molar-refractivity contribution in [2.45, 2.75) is 53.4 Å². The van der Waals surface area contributed by atoms with Crippen LogP contribution in [0.15, 0.2) is 54.6 Å². The molecule has 0 atom stereocenters. The second kappa shape index (κ2) is 7.33. The number of ketones is 1. The molecule has 0 saturated heterocycles. The van der Waals surface area contributed by atoms with Crippen molar-refractivity contribution in [3.63, 3.8) is 0 Å². The van der Waals surface area contributed by atoms with Crippen LogP contribution in [0.4, 0.5) is 0 Å². The maximum absolute atomic E-state index is 13.3. The zero-order valence-corrected chi connectivity index (χ0v) is 18.3. The monoisotopic (exact) mass is 380 g/mol. The molecule has 1 aliphatic rings. The van der Waals surface area contributed by atoms with Crippen molar-refractivity contribution in [1.82, 2.24) is 0 Å². The summed E-state index contributed by atoms with van der Waals surface area (Å²) in [7, 11) is 0. The second-order valence-electron chi connectivity index (χ2n) is 9.11. The van der Waals surface area contributed by atoms with E-state index in [1.807, 2.05) is 12.1 Å². The molecule has 1 heterocycles. The van der Waals surface area contributed by atoms with E-state index in [1.54, 1.807) is 0 Å². The normalized spacial score (nSPS) is 13.1. The van der Waals surface area contributed by atoms with Gasteiger partial charge in [0, 0.05) is 11.1 Å². The first-order valence-corrected chi connectivity index (χ1v) is 10.7. The van der Waals surface area contributed by atoms with Crippen LogP contribution in [0.1, 0.15) is 77.7 Å². The second-order valence-corrected chi connectivity index (χ2v) is 9.11. The van der Waals surface area contributed by atoms with Crippen molar-refractivity contribution in [2.75, 3.05) is 0 Å². The molecule has 3 aromatic rings. The summed E-state index contributed by atoms with van der Waals surface area (Å²) >= 11 is 0. The molecular weight excluding hydrogens is 351 g/mol. The molecule has 1 aliphatic heterocycles. The van der Waals surface area contributed by atoms with Crippen molar-refractivity contribution in [2.24, 2.45) is 0 Å². The molecule has 0 aromatic heterocycles. The zero-order valence-electron chi connectivity index (χ0n) is 18.3. The van der Waals surface area contributed by atoms with Gasteiger partial charge in [-0.25, -0.2) is 0 Å². The molecule has 0 fully saturated rings. The minimum Gasteiger partial charge on any atom is -0.289 e. The highest BCUT2D eigenvalue weighted by Crippen LogP contribution is 2.25. The first kappa shape index (κ1) is 19.7. The number of rotatable bonds is 3. The van der Waals surface area contributed by atoms with E-state index in [4.69, 9.17) is 0 Å². The van der Waals surface area contributed by atoms with Crippen molar-refractivity contribution in [1.29, 1.82) is 0 Å². The molecule has 0 bridgehead atoms. The molecular formula is C27H29BO. The molecule has 29 heavy (non-hydrogen) atoms. The smallest absolute Gasteiger partial charge is 0.243 e. The van der Waals surface area contributed by atoms with E-state index in [0.29, 0.717) is 11.8 Å². The molecule has 0 N–H and O–H groups in total. The third-order valence-corrected chi connectivity index (χ3v) is 6.20. The number of carbonyl (C=O) groups excluding carboxylic acids is 1. The van der Waals surface area contributed by atoms with Crippen molar-refractivity contribution in [3.05, 3.63) is 88.0 Å². The van der Waals surface area contributed by atoms with Crippen LogP contribution in [0, 0.1) is 13.8 Å². The Hall–Kier alpha value is -2.61. The predicted octanol–water partition coefficient (Wildman–Crippen LogP) is 4.61. The Labute approximate surface area is 175 Å². The van der Waals surface area contributed by atoms with Gasteiger partial charge in [-0.3, -0.25) is 4.79 Å². The van der Waals surface area contributed by atoms with Crippen LogP contribution in [-0.4, -0.2) is 12.5 Å². The summed E-state index contributed by atoms with van der Waals surface area (Å²) in [6.45, 7) is 13.5. The van der Waals surface area contributed by atoms with E-state index in [9.17, 15) is 4.79 Å². The molecule has 0 saturated carbocycles. The van der Waals surface area contributed by atoms with Gasteiger partial charge in [-0.15, -0.1) is 0 Å². The number of fused-ring (bicyclic) bond motifs is 2. The van der Waals surface area contributed by atoms with Crippen LogP contribution < -0.4 is 16.4 Å². The highest BCUT2D eigenvalue weighted by molar-refractivity contribution is 6.98. The van der Waals surface area contributed by atoms with E-state index < -0.39 is 0 Å². The van der Waals surface area contributed by atoms with Gasteiger partial charge < -0.3 is 0 Å². The topological polar surface area (TPSA) is 17.1 Å². The SMILES string of the molecule is Cc1ccc2c(c1)C(=O)c1ccccc1B2c1c(C(C)C)cc(C)cc1C(C)C. The lowest BCUT2D eigenvalue weighted by Crippen LogP contribution is -2.60.